The maximum Gasteiger partial charge on any atom is 0.0996 e. The van der Waals surface area contributed by atoms with E-state index in [2.05, 4.69) is 36.3 Å². The Labute approximate surface area is 95.1 Å². The number of hydrogen-bond donors (Lipinski definition) is 2. The van der Waals surface area contributed by atoms with E-state index >= 15 is 0 Å². The minimum Gasteiger partial charge on any atom is -0.472 e. The van der Waals surface area contributed by atoms with Crippen LogP contribution in [0.15, 0.2) is 29.2 Å². The van der Waals surface area contributed by atoms with Crippen LogP contribution in [0.5, 0.6) is 0 Å². The lowest BCUT2D eigenvalue weighted by Crippen LogP contribution is -2.35. The Balaban J connectivity index is 2.14. The first-order valence-corrected chi connectivity index (χ1v) is 5.36. The SMILES string of the molecule is CC(C)(C)NCc1cn[nH]c1-c1ccoc1. The lowest BCUT2D eigenvalue weighted by Gasteiger charge is -2.20. The second-order valence-corrected chi connectivity index (χ2v) is 4.89. The van der Waals surface area contributed by atoms with Crippen LogP contribution in [0.4, 0.5) is 0 Å². The van der Waals surface area contributed by atoms with E-state index in [1.807, 2.05) is 12.3 Å². The molecular formula is C12H17N3O. The van der Waals surface area contributed by atoms with Gasteiger partial charge in [0.25, 0.3) is 0 Å². The monoisotopic (exact) mass is 219 g/mol. The molecule has 2 rings (SSSR count). The summed E-state index contributed by atoms with van der Waals surface area (Å²) in [6.45, 7) is 7.22. The summed E-state index contributed by atoms with van der Waals surface area (Å²) in [6, 6.07) is 1.92. The molecule has 0 unspecified atom stereocenters. The lowest BCUT2D eigenvalue weighted by molar-refractivity contribution is 0.424. The minimum atomic E-state index is 0.102. The first-order chi connectivity index (χ1) is 7.56. The molecule has 0 aromatic carbocycles. The second-order valence-electron chi connectivity index (χ2n) is 4.89. The zero-order valence-electron chi connectivity index (χ0n) is 9.87. The molecule has 2 aromatic rings. The highest BCUT2D eigenvalue weighted by molar-refractivity contribution is 5.60. The number of aromatic nitrogens is 2. The molecule has 86 valence electrons. The van der Waals surface area contributed by atoms with E-state index in [9.17, 15) is 0 Å². The van der Waals surface area contributed by atoms with Gasteiger partial charge in [0.15, 0.2) is 0 Å². The van der Waals surface area contributed by atoms with Gasteiger partial charge in [-0.1, -0.05) is 0 Å². The van der Waals surface area contributed by atoms with Crippen LogP contribution in [0.25, 0.3) is 11.3 Å². The molecule has 0 saturated carbocycles. The Morgan fingerprint density at radius 1 is 1.44 bits per heavy atom. The molecule has 16 heavy (non-hydrogen) atoms. The highest BCUT2D eigenvalue weighted by atomic mass is 16.3. The molecule has 0 aliphatic heterocycles. The Hall–Kier alpha value is -1.55. The lowest BCUT2D eigenvalue weighted by atomic mass is 10.1. The van der Waals surface area contributed by atoms with Gasteiger partial charge in [0.2, 0.25) is 0 Å². The van der Waals surface area contributed by atoms with Crippen molar-refractivity contribution in [2.45, 2.75) is 32.9 Å². The fourth-order valence-corrected chi connectivity index (χ4v) is 1.46. The minimum absolute atomic E-state index is 0.102. The highest BCUT2D eigenvalue weighted by Gasteiger charge is 2.12. The molecule has 2 N–H and O–H groups in total. The van der Waals surface area contributed by atoms with Crippen molar-refractivity contribution in [1.82, 2.24) is 15.5 Å². The Bertz CT molecular complexity index is 437. The number of hydrogen-bond acceptors (Lipinski definition) is 3. The number of furan rings is 1. The summed E-state index contributed by atoms with van der Waals surface area (Å²) in [5.41, 5.74) is 3.30. The van der Waals surface area contributed by atoms with Crippen LogP contribution in [-0.4, -0.2) is 15.7 Å². The molecule has 4 heteroatoms. The maximum atomic E-state index is 5.07. The zero-order chi connectivity index (χ0) is 11.6. The van der Waals surface area contributed by atoms with E-state index < -0.39 is 0 Å². The molecule has 4 nitrogen and oxygen atoms in total. The molecular weight excluding hydrogens is 202 g/mol. The van der Waals surface area contributed by atoms with Crippen molar-refractivity contribution >= 4 is 0 Å². The van der Waals surface area contributed by atoms with Crippen LogP contribution in [0.1, 0.15) is 26.3 Å². The summed E-state index contributed by atoms with van der Waals surface area (Å²) < 4.78 is 5.07. The van der Waals surface area contributed by atoms with Crippen LogP contribution >= 0.6 is 0 Å². The van der Waals surface area contributed by atoms with E-state index in [1.54, 1.807) is 12.5 Å². The van der Waals surface area contributed by atoms with Crippen molar-refractivity contribution < 1.29 is 4.42 Å². The van der Waals surface area contributed by atoms with E-state index in [0.717, 1.165) is 23.4 Å². The van der Waals surface area contributed by atoms with E-state index in [1.165, 1.54) is 0 Å². The summed E-state index contributed by atoms with van der Waals surface area (Å²) in [5, 5.41) is 10.5. The van der Waals surface area contributed by atoms with E-state index in [-0.39, 0.29) is 5.54 Å². The Kier molecular flexibility index (Phi) is 2.83. The summed E-state index contributed by atoms with van der Waals surface area (Å²) in [4.78, 5) is 0. The fourth-order valence-electron chi connectivity index (χ4n) is 1.46. The average molecular weight is 219 g/mol. The highest BCUT2D eigenvalue weighted by Crippen LogP contribution is 2.21. The van der Waals surface area contributed by atoms with Crippen LogP contribution in [0.2, 0.25) is 0 Å². The summed E-state index contributed by atoms with van der Waals surface area (Å²) in [7, 11) is 0. The molecule has 0 saturated heterocycles. The van der Waals surface area contributed by atoms with Crippen molar-refractivity contribution in [1.29, 1.82) is 0 Å². The Morgan fingerprint density at radius 3 is 2.88 bits per heavy atom. The predicted molar refractivity (Wildman–Crippen MR) is 62.9 cm³/mol. The van der Waals surface area contributed by atoms with Gasteiger partial charge in [-0.25, -0.2) is 0 Å². The van der Waals surface area contributed by atoms with Crippen LogP contribution in [-0.2, 0) is 6.54 Å². The standard InChI is InChI=1S/C12H17N3O/c1-12(2,3)13-6-10-7-14-15-11(10)9-4-5-16-8-9/h4-5,7-8,13H,6H2,1-3H3,(H,14,15). The summed E-state index contributed by atoms with van der Waals surface area (Å²) >= 11 is 0. The topological polar surface area (TPSA) is 53.9 Å². The number of nitrogens with zero attached hydrogens (tertiary/aromatic N) is 1. The van der Waals surface area contributed by atoms with E-state index in [0.29, 0.717) is 0 Å². The van der Waals surface area contributed by atoms with E-state index in [4.69, 9.17) is 4.42 Å². The van der Waals surface area contributed by atoms with Gasteiger partial charge in [0.05, 0.1) is 24.4 Å². The van der Waals surface area contributed by atoms with Crippen molar-refractivity contribution in [3.63, 3.8) is 0 Å². The number of H-pyrrole nitrogens is 1. The quantitative estimate of drug-likeness (QED) is 0.834. The first kappa shape index (κ1) is 11.0. The van der Waals surface area contributed by atoms with Crippen molar-refractivity contribution in [3.8, 4) is 11.3 Å². The third-order valence-electron chi connectivity index (χ3n) is 2.34. The van der Waals surface area contributed by atoms with Crippen molar-refractivity contribution in [2.75, 3.05) is 0 Å². The summed E-state index contributed by atoms with van der Waals surface area (Å²) in [5.74, 6) is 0. The third-order valence-corrected chi connectivity index (χ3v) is 2.34. The molecule has 2 aromatic heterocycles. The first-order valence-electron chi connectivity index (χ1n) is 5.36. The predicted octanol–water partition coefficient (Wildman–Crippen LogP) is 2.56. The molecule has 0 radical (unpaired) electrons. The maximum absolute atomic E-state index is 5.07. The van der Waals surface area contributed by atoms with Crippen molar-refractivity contribution in [3.05, 3.63) is 30.4 Å². The fraction of sp³-hybridized carbons (Fsp3) is 0.417. The normalized spacial score (nSPS) is 11.9. The summed E-state index contributed by atoms with van der Waals surface area (Å²) in [6.07, 6.45) is 5.23. The second kappa shape index (κ2) is 4.14. The van der Waals surface area contributed by atoms with Gasteiger partial charge in [-0.2, -0.15) is 5.10 Å². The van der Waals surface area contributed by atoms with Crippen LogP contribution in [0, 0.1) is 0 Å². The van der Waals surface area contributed by atoms with Gasteiger partial charge < -0.3 is 9.73 Å². The van der Waals surface area contributed by atoms with Gasteiger partial charge in [-0.15, -0.1) is 0 Å². The number of aromatic amines is 1. The number of rotatable bonds is 3. The van der Waals surface area contributed by atoms with Gasteiger partial charge in [0.1, 0.15) is 0 Å². The molecule has 0 aliphatic carbocycles. The van der Waals surface area contributed by atoms with Crippen LogP contribution in [0.3, 0.4) is 0 Å². The Morgan fingerprint density at radius 2 is 2.25 bits per heavy atom. The smallest absolute Gasteiger partial charge is 0.0996 e. The molecule has 0 atom stereocenters. The average Bonchev–Trinajstić information content (AvgIpc) is 2.84. The van der Waals surface area contributed by atoms with Crippen LogP contribution < -0.4 is 5.32 Å². The molecule has 0 bridgehead atoms. The van der Waals surface area contributed by atoms with Gasteiger partial charge in [-0.3, -0.25) is 5.10 Å². The van der Waals surface area contributed by atoms with Gasteiger partial charge >= 0.3 is 0 Å². The largest absolute Gasteiger partial charge is 0.472 e. The number of nitrogens with one attached hydrogen (secondary N) is 2. The third kappa shape index (κ3) is 2.52. The molecule has 0 aliphatic rings. The van der Waals surface area contributed by atoms with Gasteiger partial charge in [0, 0.05) is 23.2 Å². The van der Waals surface area contributed by atoms with Crippen molar-refractivity contribution in [2.24, 2.45) is 0 Å². The molecule has 0 amide bonds. The zero-order valence-corrected chi connectivity index (χ0v) is 9.87. The van der Waals surface area contributed by atoms with Gasteiger partial charge in [-0.05, 0) is 26.8 Å². The molecule has 0 spiro atoms. The molecule has 0 fully saturated rings. The molecule has 2 heterocycles.